The Bertz CT molecular complexity index is 449. The van der Waals surface area contributed by atoms with Crippen LogP contribution in [-0.4, -0.2) is 0 Å². The van der Waals surface area contributed by atoms with E-state index in [0.717, 1.165) is 0 Å². The van der Waals surface area contributed by atoms with Gasteiger partial charge in [-0.1, -0.05) is 47.0 Å². The van der Waals surface area contributed by atoms with Gasteiger partial charge in [0.1, 0.15) is 0 Å². The minimum absolute atomic E-state index is 0. The van der Waals surface area contributed by atoms with Crippen molar-refractivity contribution in [2.75, 3.05) is 0 Å². The fraction of sp³-hybridized carbons (Fsp3) is 0.471. The van der Waals surface area contributed by atoms with Crippen LogP contribution in [0.1, 0.15) is 45.7 Å². The van der Waals surface area contributed by atoms with Gasteiger partial charge in [0.2, 0.25) is 0 Å². The van der Waals surface area contributed by atoms with E-state index in [1.165, 1.54) is 27.8 Å². The Morgan fingerprint density at radius 1 is 1.05 bits per heavy atom. The Kier molecular flexibility index (Phi) is 12.7. The van der Waals surface area contributed by atoms with Crippen LogP contribution < -0.4 is 24.8 Å². The fourth-order valence-electron chi connectivity index (χ4n) is 2.12. The molecular weight excluding hydrogens is 366 g/mol. The molecule has 110 valence electrons. The van der Waals surface area contributed by atoms with Crippen molar-refractivity contribution in [3.8, 4) is 0 Å². The van der Waals surface area contributed by atoms with E-state index in [2.05, 4.69) is 72.7 Å². The number of hydrogen-bond donors (Lipinski definition) is 0. The molecule has 1 aliphatic carbocycles. The van der Waals surface area contributed by atoms with Crippen LogP contribution in [0.3, 0.4) is 0 Å². The fourth-order valence-corrected chi connectivity index (χ4v) is 2.12. The van der Waals surface area contributed by atoms with Gasteiger partial charge in [-0.05, 0) is 0 Å². The van der Waals surface area contributed by atoms with Gasteiger partial charge in [-0.3, -0.25) is 6.08 Å². The summed E-state index contributed by atoms with van der Waals surface area (Å²) >= 11 is 0. The van der Waals surface area contributed by atoms with E-state index in [1.54, 1.807) is 0 Å². The van der Waals surface area contributed by atoms with E-state index in [9.17, 15) is 0 Å². The first-order chi connectivity index (χ1) is 7.74. The van der Waals surface area contributed by atoms with Gasteiger partial charge in [0.05, 0.1) is 0 Å². The molecular formula is C17H24Cl2Zr. The van der Waals surface area contributed by atoms with Gasteiger partial charge in [0.25, 0.3) is 0 Å². The summed E-state index contributed by atoms with van der Waals surface area (Å²) in [6, 6.07) is 6.41. The van der Waals surface area contributed by atoms with E-state index < -0.39 is 0 Å². The van der Waals surface area contributed by atoms with Gasteiger partial charge in [0.15, 0.2) is 0 Å². The van der Waals surface area contributed by atoms with Crippen LogP contribution in [0.15, 0.2) is 34.9 Å². The Morgan fingerprint density at radius 2 is 1.55 bits per heavy atom. The summed E-state index contributed by atoms with van der Waals surface area (Å²) in [5.74, 6) is 0. The number of hydrogen-bond acceptors (Lipinski definition) is 0. The summed E-state index contributed by atoms with van der Waals surface area (Å²) in [7, 11) is 0. The largest absolute Gasteiger partial charge is 4.00 e. The second-order valence-corrected chi connectivity index (χ2v) is 5.59. The molecule has 3 heteroatoms. The van der Waals surface area contributed by atoms with E-state index in [0.29, 0.717) is 0 Å². The molecule has 0 nitrogen and oxygen atoms in total. The molecule has 1 aromatic rings. The average Bonchev–Trinajstić information content (AvgIpc) is 2.66. The summed E-state index contributed by atoms with van der Waals surface area (Å²) < 4.78 is 0. The van der Waals surface area contributed by atoms with Gasteiger partial charge in [-0.2, -0.15) is 28.8 Å². The van der Waals surface area contributed by atoms with Crippen molar-refractivity contribution >= 4 is 0 Å². The molecule has 0 radical (unpaired) electrons. The van der Waals surface area contributed by atoms with Gasteiger partial charge < -0.3 is 24.8 Å². The molecule has 20 heavy (non-hydrogen) atoms. The second kappa shape index (κ2) is 10.1. The molecule has 0 bridgehead atoms. The van der Waals surface area contributed by atoms with Gasteiger partial charge in [-0.25, -0.2) is 17.2 Å². The predicted molar refractivity (Wildman–Crippen MR) is 76.1 cm³/mol. The molecule has 0 amide bonds. The number of aryl methyl sites for hydroxylation is 2. The molecule has 1 aromatic carbocycles. The molecule has 0 spiro atoms. The molecule has 0 fully saturated rings. The van der Waals surface area contributed by atoms with Crippen LogP contribution in [0.4, 0.5) is 0 Å². The third kappa shape index (κ3) is 6.83. The van der Waals surface area contributed by atoms with Crippen molar-refractivity contribution in [3.05, 3.63) is 52.1 Å². The summed E-state index contributed by atoms with van der Waals surface area (Å²) in [6.07, 6.45) is 3.44. The molecule has 0 saturated heterocycles. The SMILES string of the molecule is CC1=[C-]C(C)(C)C(C)=C1C.Cc1cc[c-](C)c1.[Cl-].[Cl-].[Zr+4]. The minimum atomic E-state index is 0. The zero-order valence-corrected chi connectivity index (χ0v) is 17.5. The normalized spacial score (nSPS) is 15.1. The Morgan fingerprint density at radius 3 is 1.65 bits per heavy atom. The first-order valence-electron chi connectivity index (χ1n) is 6.24. The van der Waals surface area contributed by atoms with Crippen molar-refractivity contribution in [1.29, 1.82) is 0 Å². The number of halogens is 2. The van der Waals surface area contributed by atoms with E-state index >= 15 is 0 Å². The monoisotopic (exact) mass is 388 g/mol. The summed E-state index contributed by atoms with van der Waals surface area (Å²) in [5, 5.41) is 0. The van der Waals surface area contributed by atoms with Gasteiger partial charge >= 0.3 is 26.2 Å². The second-order valence-electron chi connectivity index (χ2n) is 5.59. The first kappa shape index (κ1) is 25.3. The molecule has 0 N–H and O–H groups in total. The standard InChI is InChI=1S/C10H15.C7H9.2ClH.Zr/c1-7-6-10(4,5)9(3)8(7)2;1-6-3-4-7(2)5-6;;;/h1-5H3;3-5H,1-2H3;2*1H;/q2*-1;;;+4/p-2. The van der Waals surface area contributed by atoms with Crippen molar-refractivity contribution in [2.24, 2.45) is 5.41 Å². The maximum Gasteiger partial charge on any atom is 4.00 e. The molecule has 0 heterocycles. The smallest absolute Gasteiger partial charge is 1.00 e. The van der Waals surface area contributed by atoms with Gasteiger partial charge in [0, 0.05) is 0 Å². The molecule has 2 rings (SSSR count). The molecule has 1 aliphatic rings. The summed E-state index contributed by atoms with van der Waals surface area (Å²) in [5.41, 5.74) is 7.11. The van der Waals surface area contributed by atoms with Gasteiger partial charge in [-0.15, -0.1) is 6.92 Å². The third-order valence-corrected chi connectivity index (χ3v) is 3.63. The molecule has 0 saturated carbocycles. The molecule has 0 aliphatic heterocycles. The number of allylic oxidation sites excluding steroid dienone is 4. The average molecular weight is 391 g/mol. The van der Waals surface area contributed by atoms with Crippen LogP contribution in [0.25, 0.3) is 0 Å². The first-order valence-corrected chi connectivity index (χ1v) is 6.24. The summed E-state index contributed by atoms with van der Waals surface area (Å²) in [4.78, 5) is 0. The minimum Gasteiger partial charge on any atom is -1.00 e. The van der Waals surface area contributed by atoms with Crippen LogP contribution in [0.5, 0.6) is 0 Å². The molecule has 0 aromatic heterocycles. The van der Waals surface area contributed by atoms with Crippen LogP contribution in [0.2, 0.25) is 0 Å². The van der Waals surface area contributed by atoms with E-state index in [1.807, 2.05) is 0 Å². The van der Waals surface area contributed by atoms with Crippen molar-refractivity contribution < 1.29 is 51.0 Å². The zero-order chi connectivity index (χ0) is 13.2. The van der Waals surface area contributed by atoms with Crippen LogP contribution in [0, 0.1) is 25.3 Å². The summed E-state index contributed by atoms with van der Waals surface area (Å²) in [6.45, 7) is 15.1. The van der Waals surface area contributed by atoms with E-state index in [-0.39, 0.29) is 56.4 Å². The molecule has 0 unspecified atom stereocenters. The maximum absolute atomic E-state index is 3.44. The van der Waals surface area contributed by atoms with Crippen molar-refractivity contribution in [3.63, 3.8) is 0 Å². The topological polar surface area (TPSA) is 0 Å². The Balaban J connectivity index is -0.000000262. The van der Waals surface area contributed by atoms with Crippen LogP contribution in [-0.2, 0) is 26.2 Å². The van der Waals surface area contributed by atoms with E-state index in [4.69, 9.17) is 0 Å². The Hall–Kier alpha value is 0.293. The maximum atomic E-state index is 3.44. The quantitative estimate of drug-likeness (QED) is 0.506. The van der Waals surface area contributed by atoms with Crippen LogP contribution >= 0.6 is 0 Å². The molecule has 0 atom stereocenters. The zero-order valence-electron chi connectivity index (χ0n) is 13.5. The van der Waals surface area contributed by atoms with Crippen molar-refractivity contribution in [2.45, 2.75) is 48.5 Å². The Labute approximate surface area is 156 Å². The van der Waals surface area contributed by atoms with Crippen molar-refractivity contribution in [1.82, 2.24) is 0 Å². The third-order valence-electron chi connectivity index (χ3n) is 3.63. The number of rotatable bonds is 0. The predicted octanol–water partition coefficient (Wildman–Crippen LogP) is -0.860.